The Morgan fingerprint density at radius 1 is 1.33 bits per heavy atom. The van der Waals surface area contributed by atoms with Gasteiger partial charge in [0, 0.05) is 25.2 Å². The minimum Gasteiger partial charge on any atom is -0.366 e. The van der Waals surface area contributed by atoms with E-state index in [-0.39, 0.29) is 5.82 Å². The van der Waals surface area contributed by atoms with Crippen molar-refractivity contribution in [1.29, 1.82) is 0 Å². The first-order valence-electron chi connectivity index (χ1n) is 7.02. The van der Waals surface area contributed by atoms with Crippen molar-refractivity contribution in [3.05, 3.63) is 29.6 Å². The van der Waals surface area contributed by atoms with Gasteiger partial charge in [-0.3, -0.25) is 0 Å². The van der Waals surface area contributed by atoms with Crippen LogP contribution >= 0.6 is 0 Å². The molecule has 1 heterocycles. The van der Waals surface area contributed by atoms with Crippen molar-refractivity contribution in [3.63, 3.8) is 0 Å². The Morgan fingerprint density at radius 3 is 2.78 bits per heavy atom. The van der Waals surface area contributed by atoms with E-state index in [9.17, 15) is 4.39 Å². The Kier molecular flexibility index (Phi) is 3.25. The molecule has 0 bridgehead atoms. The lowest BCUT2D eigenvalue weighted by molar-refractivity contribution is 0.607. The third-order valence-corrected chi connectivity index (χ3v) is 4.05. The fraction of sp³-hybridized carbons (Fsp3) is 0.600. The predicted octanol–water partition coefficient (Wildman–Crippen LogP) is 3.07. The molecule has 1 aromatic carbocycles. The number of rotatable bonds is 4. The average molecular weight is 248 g/mol. The van der Waals surface area contributed by atoms with E-state index in [1.807, 2.05) is 6.07 Å². The number of hydrogen-bond acceptors (Lipinski definition) is 2. The number of nitrogens with zero attached hydrogens (tertiary/aromatic N) is 1. The van der Waals surface area contributed by atoms with Gasteiger partial charge in [0.05, 0.1) is 5.69 Å². The normalized spacial score (nSPS) is 23.7. The molecule has 1 aliphatic heterocycles. The van der Waals surface area contributed by atoms with Crippen molar-refractivity contribution in [1.82, 2.24) is 5.32 Å². The van der Waals surface area contributed by atoms with Gasteiger partial charge in [-0.15, -0.1) is 0 Å². The molecular formula is C15H21FN2. The molecule has 3 rings (SSSR count). The Bertz CT molecular complexity index is 429. The van der Waals surface area contributed by atoms with Crippen LogP contribution in [0.25, 0.3) is 0 Å². The fourth-order valence-corrected chi connectivity index (χ4v) is 2.73. The lowest BCUT2D eigenvalue weighted by Crippen LogP contribution is -2.27. The van der Waals surface area contributed by atoms with Crippen molar-refractivity contribution in [2.75, 3.05) is 11.4 Å². The lowest BCUT2D eigenvalue weighted by atomic mass is 10.1. The molecule has 1 saturated carbocycles. The molecule has 2 nitrogen and oxygen atoms in total. The smallest absolute Gasteiger partial charge is 0.146 e. The molecule has 1 atom stereocenters. The molecule has 1 unspecified atom stereocenters. The zero-order chi connectivity index (χ0) is 12.5. The van der Waals surface area contributed by atoms with Gasteiger partial charge >= 0.3 is 0 Å². The zero-order valence-electron chi connectivity index (χ0n) is 11.0. The Hall–Kier alpha value is -1.09. The third kappa shape index (κ3) is 2.51. The topological polar surface area (TPSA) is 15.3 Å². The molecule has 0 radical (unpaired) electrons. The average Bonchev–Trinajstić information content (AvgIpc) is 3.09. The Morgan fingerprint density at radius 2 is 2.17 bits per heavy atom. The quantitative estimate of drug-likeness (QED) is 0.881. The molecule has 2 aliphatic rings. The highest BCUT2D eigenvalue weighted by molar-refractivity contribution is 5.50. The Labute approximate surface area is 108 Å². The van der Waals surface area contributed by atoms with Crippen LogP contribution in [0.3, 0.4) is 0 Å². The second kappa shape index (κ2) is 4.88. The first-order valence-corrected chi connectivity index (χ1v) is 7.02. The molecular weight excluding hydrogens is 227 g/mol. The van der Waals surface area contributed by atoms with Crippen LogP contribution in [-0.4, -0.2) is 18.6 Å². The first-order chi connectivity index (χ1) is 8.74. The number of hydrogen-bond donors (Lipinski definition) is 1. The van der Waals surface area contributed by atoms with E-state index in [2.05, 4.69) is 23.2 Å². The molecule has 98 valence electrons. The van der Waals surface area contributed by atoms with Gasteiger partial charge in [0.2, 0.25) is 0 Å². The van der Waals surface area contributed by atoms with Gasteiger partial charge in [-0.1, -0.05) is 6.07 Å². The monoisotopic (exact) mass is 248 g/mol. The SMILES string of the molecule is CC1CCCN1c1ccc(CNC2CC2)cc1F. The summed E-state index contributed by atoms with van der Waals surface area (Å²) in [5.41, 5.74) is 1.82. The summed E-state index contributed by atoms with van der Waals surface area (Å²) in [4.78, 5) is 2.19. The molecule has 1 saturated heterocycles. The van der Waals surface area contributed by atoms with Crippen LogP contribution in [0.4, 0.5) is 10.1 Å². The summed E-state index contributed by atoms with van der Waals surface area (Å²) >= 11 is 0. The van der Waals surface area contributed by atoms with E-state index in [1.165, 1.54) is 25.7 Å². The van der Waals surface area contributed by atoms with Crippen LogP contribution in [0, 0.1) is 5.82 Å². The van der Waals surface area contributed by atoms with Gasteiger partial charge < -0.3 is 10.2 Å². The molecule has 1 aromatic rings. The predicted molar refractivity (Wildman–Crippen MR) is 72.3 cm³/mol. The molecule has 0 spiro atoms. The van der Waals surface area contributed by atoms with Gasteiger partial charge in [0.25, 0.3) is 0 Å². The second-order valence-corrected chi connectivity index (χ2v) is 5.63. The molecule has 1 N–H and O–H groups in total. The zero-order valence-corrected chi connectivity index (χ0v) is 11.0. The molecule has 0 aromatic heterocycles. The number of nitrogens with one attached hydrogen (secondary N) is 1. The molecule has 3 heteroatoms. The maximum Gasteiger partial charge on any atom is 0.146 e. The van der Waals surface area contributed by atoms with Crippen molar-refractivity contribution >= 4 is 5.69 Å². The summed E-state index contributed by atoms with van der Waals surface area (Å²) in [5, 5.41) is 3.42. The van der Waals surface area contributed by atoms with Crippen molar-refractivity contribution in [2.45, 2.75) is 51.2 Å². The van der Waals surface area contributed by atoms with Crippen molar-refractivity contribution in [2.24, 2.45) is 0 Å². The molecule has 0 amide bonds. The third-order valence-electron chi connectivity index (χ3n) is 4.05. The minimum atomic E-state index is -0.0705. The summed E-state index contributed by atoms with van der Waals surface area (Å²) in [5.74, 6) is -0.0705. The highest BCUT2D eigenvalue weighted by atomic mass is 19.1. The second-order valence-electron chi connectivity index (χ2n) is 5.63. The van der Waals surface area contributed by atoms with E-state index in [0.717, 1.165) is 24.3 Å². The van der Waals surface area contributed by atoms with Gasteiger partial charge in [-0.2, -0.15) is 0 Å². The van der Waals surface area contributed by atoms with Crippen LogP contribution in [-0.2, 0) is 6.54 Å². The van der Waals surface area contributed by atoms with Crippen LogP contribution in [0.5, 0.6) is 0 Å². The summed E-state index contributed by atoms with van der Waals surface area (Å²) in [6.45, 7) is 3.95. The van der Waals surface area contributed by atoms with Crippen LogP contribution in [0.2, 0.25) is 0 Å². The van der Waals surface area contributed by atoms with Crippen molar-refractivity contribution in [3.8, 4) is 0 Å². The summed E-state index contributed by atoms with van der Waals surface area (Å²) in [6.07, 6.45) is 4.88. The van der Waals surface area contributed by atoms with E-state index in [1.54, 1.807) is 6.07 Å². The van der Waals surface area contributed by atoms with E-state index in [4.69, 9.17) is 0 Å². The fourth-order valence-electron chi connectivity index (χ4n) is 2.73. The lowest BCUT2D eigenvalue weighted by Gasteiger charge is -2.24. The minimum absolute atomic E-state index is 0.0705. The Balaban J connectivity index is 1.71. The van der Waals surface area contributed by atoms with Crippen LogP contribution < -0.4 is 10.2 Å². The van der Waals surface area contributed by atoms with Crippen LogP contribution in [0.1, 0.15) is 38.2 Å². The van der Waals surface area contributed by atoms with E-state index < -0.39 is 0 Å². The standard InChI is InChI=1S/C15H21FN2/c1-11-3-2-8-18(11)15-7-4-12(9-14(15)16)10-17-13-5-6-13/h4,7,9,11,13,17H,2-3,5-6,8,10H2,1H3. The largest absolute Gasteiger partial charge is 0.366 e. The van der Waals surface area contributed by atoms with Gasteiger partial charge in [-0.05, 0) is 50.3 Å². The van der Waals surface area contributed by atoms with Gasteiger partial charge in [0.1, 0.15) is 5.82 Å². The van der Waals surface area contributed by atoms with E-state index in [0.29, 0.717) is 12.1 Å². The number of halogens is 1. The van der Waals surface area contributed by atoms with Gasteiger partial charge in [-0.25, -0.2) is 4.39 Å². The highest BCUT2D eigenvalue weighted by Crippen LogP contribution is 2.28. The summed E-state index contributed by atoms with van der Waals surface area (Å²) < 4.78 is 14.1. The highest BCUT2D eigenvalue weighted by Gasteiger charge is 2.23. The van der Waals surface area contributed by atoms with Crippen LogP contribution in [0.15, 0.2) is 18.2 Å². The molecule has 1 aliphatic carbocycles. The number of anilines is 1. The van der Waals surface area contributed by atoms with Crippen molar-refractivity contribution < 1.29 is 4.39 Å². The molecule has 2 fully saturated rings. The first kappa shape index (κ1) is 12.0. The maximum atomic E-state index is 14.1. The summed E-state index contributed by atoms with van der Waals surface area (Å²) in [7, 11) is 0. The van der Waals surface area contributed by atoms with E-state index >= 15 is 0 Å². The number of benzene rings is 1. The maximum absolute atomic E-state index is 14.1. The summed E-state index contributed by atoms with van der Waals surface area (Å²) in [6, 6.07) is 6.83. The van der Waals surface area contributed by atoms with Gasteiger partial charge in [0.15, 0.2) is 0 Å². The molecule has 18 heavy (non-hydrogen) atoms.